The SMILES string of the molecule is Cn1cncc1CN[C@H]1COc2ccccc2C1. The topological polar surface area (TPSA) is 39.1 Å². The zero-order valence-electron chi connectivity index (χ0n) is 10.5. The van der Waals surface area contributed by atoms with Crippen molar-refractivity contribution < 1.29 is 4.74 Å². The second kappa shape index (κ2) is 4.82. The Bertz CT molecular complexity index is 535. The molecule has 0 amide bonds. The third-order valence-corrected chi connectivity index (χ3v) is 3.37. The summed E-state index contributed by atoms with van der Waals surface area (Å²) in [5, 5.41) is 3.52. The van der Waals surface area contributed by atoms with Crippen LogP contribution < -0.4 is 10.1 Å². The van der Waals surface area contributed by atoms with Crippen LogP contribution in [0.4, 0.5) is 0 Å². The molecule has 94 valence electrons. The minimum absolute atomic E-state index is 0.370. The van der Waals surface area contributed by atoms with Crippen LogP contribution in [0.5, 0.6) is 5.75 Å². The van der Waals surface area contributed by atoms with Gasteiger partial charge in [0.1, 0.15) is 12.4 Å². The molecule has 0 radical (unpaired) electrons. The Balaban J connectivity index is 1.61. The number of aromatic nitrogens is 2. The smallest absolute Gasteiger partial charge is 0.122 e. The number of aryl methyl sites for hydroxylation is 1. The minimum atomic E-state index is 0.370. The molecule has 3 rings (SSSR count). The lowest BCUT2D eigenvalue weighted by molar-refractivity contribution is 0.237. The van der Waals surface area contributed by atoms with Crippen LogP contribution in [-0.4, -0.2) is 22.2 Å². The number of benzene rings is 1. The van der Waals surface area contributed by atoms with E-state index in [1.165, 1.54) is 11.3 Å². The highest BCUT2D eigenvalue weighted by Gasteiger charge is 2.18. The van der Waals surface area contributed by atoms with E-state index in [0.29, 0.717) is 6.04 Å². The Morgan fingerprint density at radius 1 is 1.44 bits per heavy atom. The lowest BCUT2D eigenvalue weighted by Gasteiger charge is -2.26. The summed E-state index contributed by atoms with van der Waals surface area (Å²) in [6.07, 6.45) is 4.74. The molecule has 4 heteroatoms. The first kappa shape index (κ1) is 11.3. The van der Waals surface area contributed by atoms with Gasteiger partial charge in [0.2, 0.25) is 0 Å². The van der Waals surface area contributed by atoms with Gasteiger partial charge in [-0.1, -0.05) is 18.2 Å². The number of hydrogen-bond donors (Lipinski definition) is 1. The van der Waals surface area contributed by atoms with Gasteiger partial charge in [-0.15, -0.1) is 0 Å². The predicted octanol–water partition coefficient (Wildman–Crippen LogP) is 1.51. The van der Waals surface area contributed by atoms with Crippen LogP contribution in [0.1, 0.15) is 11.3 Å². The normalized spacial score (nSPS) is 18.2. The maximum absolute atomic E-state index is 5.75. The fraction of sp³-hybridized carbons (Fsp3) is 0.357. The first-order valence-corrected chi connectivity index (χ1v) is 6.22. The molecule has 0 fully saturated rings. The van der Waals surface area contributed by atoms with Gasteiger partial charge in [-0.2, -0.15) is 0 Å². The second-order valence-electron chi connectivity index (χ2n) is 4.70. The van der Waals surface area contributed by atoms with Crippen molar-refractivity contribution >= 4 is 0 Å². The van der Waals surface area contributed by atoms with Crippen molar-refractivity contribution in [3.63, 3.8) is 0 Å². The van der Waals surface area contributed by atoms with Gasteiger partial charge in [-0.3, -0.25) is 0 Å². The molecule has 0 unspecified atom stereocenters. The highest BCUT2D eigenvalue weighted by Crippen LogP contribution is 2.23. The number of para-hydroxylation sites is 1. The van der Waals surface area contributed by atoms with Crippen molar-refractivity contribution in [3.05, 3.63) is 48.0 Å². The summed E-state index contributed by atoms with van der Waals surface area (Å²) in [4.78, 5) is 4.11. The molecule has 0 bridgehead atoms. The van der Waals surface area contributed by atoms with E-state index in [1.54, 1.807) is 0 Å². The molecule has 2 aromatic rings. The number of fused-ring (bicyclic) bond motifs is 1. The maximum Gasteiger partial charge on any atom is 0.122 e. The van der Waals surface area contributed by atoms with Crippen molar-refractivity contribution in [3.8, 4) is 5.75 Å². The monoisotopic (exact) mass is 243 g/mol. The van der Waals surface area contributed by atoms with Crippen LogP contribution in [0, 0.1) is 0 Å². The van der Waals surface area contributed by atoms with Gasteiger partial charge in [0.05, 0.1) is 12.0 Å². The van der Waals surface area contributed by atoms with E-state index in [1.807, 2.05) is 36.3 Å². The van der Waals surface area contributed by atoms with Crippen LogP contribution in [0.25, 0.3) is 0 Å². The van der Waals surface area contributed by atoms with E-state index in [9.17, 15) is 0 Å². The van der Waals surface area contributed by atoms with Gasteiger partial charge in [0.25, 0.3) is 0 Å². The molecule has 0 saturated carbocycles. The minimum Gasteiger partial charge on any atom is -0.492 e. The fourth-order valence-corrected chi connectivity index (χ4v) is 2.26. The molecular weight excluding hydrogens is 226 g/mol. The first-order chi connectivity index (χ1) is 8.83. The van der Waals surface area contributed by atoms with Crippen LogP contribution in [-0.2, 0) is 20.0 Å². The molecule has 1 aliphatic heterocycles. The van der Waals surface area contributed by atoms with Gasteiger partial charge >= 0.3 is 0 Å². The number of ether oxygens (including phenoxy) is 1. The molecule has 18 heavy (non-hydrogen) atoms. The van der Waals surface area contributed by atoms with Crippen molar-refractivity contribution in [2.75, 3.05) is 6.61 Å². The molecule has 0 aliphatic carbocycles. The number of nitrogens with one attached hydrogen (secondary N) is 1. The molecule has 4 nitrogen and oxygen atoms in total. The predicted molar refractivity (Wildman–Crippen MR) is 69.5 cm³/mol. The molecule has 1 aromatic heterocycles. The Morgan fingerprint density at radius 3 is 3.17 bits per heavy atom. The Kier molecular flexibility index (Phi) is 3.02. The Labute approximate surface area is 107 Å². The van der Waals surface area contributed by atoms with Crippen LogP contribution >= 0.6 is 0 Å². The largest absolute Gasteiger partial charge is 0.492 e. The van der Waals surface area contributed by atoms with Gasteiger partial charge in [-0.25, -0.2) is 4.98 Å². The summed E-state index contributed by atoms with van der Waals surface area (Å²) in [7, 11) is 2.01. The maximum atomic E-state index is 5.75. The lowest BCUT2D eigenvalue weighted by Crippen LogP contribution is -2.39. The number of imidazole rings is 1. The summed E-state index contributed by atoms with van der Waals surface area (Å²) < 4.78 is 7.78. The number of rotatable bonds is 3. The van der Waals surface area contributed by atoms with Crippen molar-refractivity contribution in [1.29, 1.82) is 0 Å². The molecule has 1 aliphatic rings. The zero-order chi connectivity index (χ0) is 12.4. The Morgan fingerprint density at radius 2 is 2.33 bits per heavy atom. The molecule has 0 saturated heterocycles. The standard InChI is InChI=1S/C14H17N3O/c1-17-10-15-7-13(17)8-16-12-6-11-4-2-3-5-14(11)18-9-12/h2-5,7,10,12,16H,6,8-9H2,1H3/t12-/m1/s1. The zero-order valence-corrected chi connectivity index (χ0v) is 10.5. The van der Waals surface area contributed by atoms with Crippen molar-refractivity contribution in [2.45, 2.75) is 19.0 Å². The second-order valence-corrected chi connectivity index (χ2v) is 4.70. The van der Waals surface area contributed by atoms with E-state index >= 15 is 0 Å². The van der Waals surface area contributed by atoms with E-state index in [2.05, 4.69) is 22.4 Å². The molecule has 1 aromatic carbocycles. The molecule has 1 atom stereocenters. The molecule has 1 N–H and O–H groups in total. The Hall–Kier alpha value is -1.81. The molecular formula is C14H17N3O. The number of nitrogens with zero attached hydrogens (tertiary/aromatic N) is 2. The van der Waals surface area contributed by atoms with Crippen LogP contribution in [0.3, 0.4) is 0 Å². The number of hydrogen-bond acceptors (Lipinski definition) is 3. The van der Waals surface area contributed by atoms with Gasteiger partial charge in [-0.05, 0) is 18.1 Å². The molecule has 0 spiro atoms. The summed E-state index contributed by atoms with van der Waals surface area (Å²) in [6.45, 7) is 1.56. The first-order valence-electron chi connectivity index (χ1n) is 6.22. The summed E-state index contributed by atoms with van der Waals surface area (Å²) in [5.41, 5.74) is 2.47. The summed E-state index contributed by atoms with van der Waals surface area (Å²) in [5.74, 6) is 1.02. The average Bonchev–Trinajstić information content (AvgIpc) is 2.82. The van der Waals surface area contributed by atoms with Gasteiger partial charge in [0.15, 0.2) is 0 Å². The summed E-state index contributed by atoms with van der Waals surface area (Å²) >= 11 is 0. The van der Waals surface area contributed by atoms with Crippen molar-refractivity contribution in [2.24, 2.45) is 7.05 Å². The quantitative estimate of drug-likeness (QED) is 0.888. The van der Waals surface area contributed by atoms with E-state index < -0.39 is 0 Å². The van der Waals surface area contributed by atoms with E-state index in [4.69, 9.17) is 4.74 Å². The summed E-state index contributed by atoms with van der Waals surface area (Å²) in [6, 6.07) is 8.61. The third-order valence-electron chi connectivity index (χ3n) is 3.37. The van der Waals surface area contributed by atoms with Gasteiger partial charge in [0, 0.05) is 25.8 Å². The van der Waals surface area contributed by atoms with Crippen molar-refractivity contribution in [1.82, 2.24) is 14.9 Å². The van der Waals surface area contributed by atoms with Crippen LogP contribution in [0.15, 0.2) is 36.8 Å². The van der Waals surface area contributed by atoms with Crippen LogP contribution in [0.2, 0.25) is 0 Å². The highest BCUT2D eigenvalue weighted by molar-refractivity contribution is 5.35. The fourth-order valence-electron chi connectivity index (χ4n) is 2.26. The molecule has 2 heterocycles. The highest BCUT2D eigenvalue weighted by atomic mass is 16.5. The van der Waals surface area contributed by atoms with E-state index in [0.717, 1.165) is 25.3 Å². The lowest BCUT2D eigenvalue weighted by atomic mass is 10.0. The van der Waals surface area contributed by atoms with Gasteiger partial charge < -0.3 is 14.6 Å². The van der Waals surface area contributed by atoms with E-state index in [-0.39, 0.29) is 0 Å². The average molecular weight is 243 g/mol. The third kappa shape index (κ3) is 2.24.